The number of amides is 1. The van der Waals surface area contributed by atoms with Crippen molar-refractivity contribution < 1.29 is 14.3 Å². The molecule has 1 aromatic carbocycles. The first-order chi connectivity index (χ1) is 13.1. The van der Waals surface area contributed by atoms with Gasteiger partial charge >= 0.3 is 0 Å². The summed E-state index contributed by atoms with van der Waals surface area (Å²) >= 11 is 0. The molecule has 1 amide bonds. The Hall–Kier alpha value is -2.50. The van der Waals surface area contributed by atoms with Crippen molar-refractivity contribution in [1.82, 2.24) is 10.3 Å². The molecule has 3 rings (SSSR count). The Balaban J connectivity index is 1.90. The van der Waals surface area contributed by atoms with Crippen molar-refractivity contribution in [3.05, 3.63) is 34.1 Å². The molecule has 1 aromatic heterocycles. The smallest absolute Gasteiger partial charge is 0.261 e. The number of pyridine rings is 1. The molecule has 1 saturated carbocycles. The highest BCUT2D eigenvalue weighted by Gasteiger charge is 2.21. The molecular formula is C21H28N2O4. The third-order valence-electron chi connectivity index (χ3n) is 5.09. The lowest BCUT2D eigenvalue weighted by atomic mass is 10.1. The zero-order chi connectivity index (χ0) is 19.2. The maximum Gasteiger partial charge on any atom is 0.261 e. The van der Waals surface area contributed by atoms with E-state index in [2.05, 4.69) is 17.2 Å². The van der Waals surface area contributed by atoms with Crippen LogP contribution < -0.4 is 20.3 Å². The van der Waals surface area contributed by atoms with Gasteiger partial charge in [0, 0.05) is 11.4 Å². The molecule has 1 fully saturated rings. The molecule has 0 bridgehead atoms. The van der Waals surface area contributed by atoms with Gasteiger partial charge in [-0.3, -0.25) is 9.59 Å². The summed E-state index contributed by atoms with van der Waals surface area (Å²) < 4.78 is 11.3. The van der Waals surface area contributed by atoms with E-state index in [1.807, 2.05) is 6.07 Å². The van der Waals surface area contributed by atoms with E-state index in [0.717, 1.165) is 50.3 Å². The molecule has 2 N–H and O–H groups in total. The molecule has 1 aliphatic carbocycles. The molecule has 0 atom stereocenters. The number of carbonyl (C=O) groups excluding carboxylic acids is 1. The summed E-state index contributed by atoms with van der Waals surface area (Å²) in [5.74, 6) is 0.773. The fourth-order valence-electron chi connectivity index (χ4n) is 3.56. The van der Waals surface area contributed by atoms with Gasteiger partial charge in [-0.15, -0.1) is 0 Å². The fourth-order valence-corrected chi connectivity index (χ4v) is 3.56. The van der Waals surface area contributed by atoms with Gasteiger partial charge < -0.3 is 19.8 Å². The number of nitrogens with one attached hydrogen (secondary N) is 2. The van der Waals surface area contributed by atoms with Crippen LogP contribution >= 0.6 is 0 Å². The van der Waals surface area contributed by atoms with Crippen molar-refractivity contribution in [1.29, 1.82) is 0 Å². The summed E-state index contributed by atoms with van der Waals surface area (Å²) in [7, 11) is 1.57. The molecule has 1 heterocycles. The molecule has 1 aliphatic rings. The van der Waals surface area contributed by atoms with Crippen LogP contribution in [0.15, 0.2) is 23.0 Å². The highest BCUT2D eigenvalue weighted by atomic mass is 16.5. The number of benzene rings is 1. The highest BCUT2D eigenvalue weighted by Crippen LogP contribution is 2.34. The van der Waals surface area contributed by atoms with E-state index in [9.17, 15) is 9.59 Å². The molecule has 0 saturated heterocycles. The minimum Gasteiger partial charge on any atom is -0.493 e. The molecular weight excluding hydrogens is 344 g/mol. The summed E-state index contributed by atoms with van der Waals surface area (Å²) in [4.78, 5) is 27.9. The number of hydrogen-bond donors (Lipinski definition) is 2. The van der Waals surface area contributed by atoms with Gasteiger partial charge in [-0.25, -0.2) is 0 Å². The third-order valence-corrected chi connectivity index (χ3v) is 5.09. The number of H-pyrrole nitrogens is 1. The van der Waals surface area contributed by atoms with Gasteiger partial charge in [0.15, 0.2) is 11.5 Å². The largest absolute Gasteiger partial charge is 0.493 e. The second-order valence-electron chi connectivity index (χ2n) is 7.08. The molecule has 6 heteroatoms. The SMILES string of the molecule is CCCCCOc1c(OC)ccc2cc(C(=O)NC3CCCC3)c(=O)[nH]c12. The second kappa shape index (κ2) is 8.93. The molecule has 0 spiro atoms. The topological polar surface area (TPSA) is 80.4 Å². The Labute approximate surface area is 159 Å². The monoisotopic (exact) mass is 372 g/mol. The number of hydrogen-bond acceptors (Lipinski definition) is 4. The van der Waals surface area contributed by atoms with Crippen LogP contribution in [-0.2, 0) is 0 Å². The van der Waals surface area contributed by atoms with E-state index in [0.29, 0.717) is 23.6 Å². The fraction of sp³-hybridized carbons (Fsp3) is 0.524. The van der Waals surface area contributed by atoms with Crippen LogP contribution in [0.5, 0.6) is 11.5 Å². The third kappa shape index (κ3) is 4.43. The van der Waals surface area contributed by atoms with Crippen LogP contribution in [0.4, 0.5) is 0 Å². The quantitative estimate of drug-likeness (QED) is 0.691. The van der Waals surface area contributed by atoms with Crippen LogP contribution in [0.2, 0.25) is 0 Å². The van der Waals surface area contributed by atoms with Gasteiger partial charge in [-0.2, -0.15) is 0 Å². The second-order valence-corrected chi connectivity index (χ2v) is 7.08. The van der Waals surface area contributed by atoms with Crippen LogP contribution in [0, 0.1) is 0 Å². The Morgan fingerprint density at radius 1 is 1.26 bits per heavy atom. The number of methoxy groups -OCH3 is 1. The van der Waals surface area contributed by atoms with Gasteiger partial charge in [-0.05, 0) is 37.5 Å². The van der Waals surface area contributed by atoms with Crippen molar-refractivity contribution in [3.8, 4) is 11.5 Å². The average molecular weight is 372 g/mol. The van der Waals surface area contributed by atoms with E-state index in [-0.39, 0.29) is 17.5 Å². The number of aromatic nitrogens is 1. The first kappa shape index (κ1) is 19.3. The molecule has 2 aromatic rings. The van der Waals surface area contributed by atoms with E-state index >= 15 is 0 Å². The lowest BCUT2D eigenvalue weighted by molar-refractivity contribution is 0.0936. The summed E-state index contributed by atoms with van der Waals surface area (Å²) in [6, 6.07) is 5.43. The lowest BCUT2D eigenvalue weighted by Crippen LogP contribution is -2.36. The lowest BCUT2D eigenvalue weighted by Gasteiger charge is -2.15. The molecule has 0 unspecified atom stereocenters. The van der Waals surface area contributed by atoms with E-state index in [1.165, 1.54) is 0 Å². The number of ether oxygens (including phenoxy) is 2. The number of rotatable bonds is 8. The Morgan fingerprint density at radius 2 is 2.04 bits per heavy atom. The van der Waals surface area contributed by atoms with Gasteiger partial charge in [0.1, 0.15) is 5.56 Å². The number of aromatic amines is 1. The van der Waals surface area contributed by atoms with Crippen LogP contribution in [-0.4, -0.2) is 30.6 Å². The van der Waals surface area contributed by atoms with Crippen LogP contribution in [0.1, 0.15) is 62.2 Å². The van der Waals surface area contributed by atoms with Crippen molar-refractivity contribution in [2.24, 2.45) is 0 Å². The predicted octanol–water partition coefficient (Wildman–Crippen LogP) is 3.78. The number of fused-ring (bicyclic) bond motifs is 1. The zero-order valence-electron chi connectivity index (χ0n) is 16.1. The van der Waals surface area contributed by atoms with E-state index in [1.54, 1.807) is 19.2 Å². The normalized spacial score (nSPS) is 14.4. The van der Waals surface area contributed by atoms with Crippen LogP contribution in [0.25, 0.3) is 10.9 Å². The zero-order valence-corrected chi connectivity index (χ0v) is 16.1. The minimum absolute atomic E-state index is 0.136. The highest BCUT2D eigenvalue weighted by molar-refractivity contribution is 5.98. The van der Waals surface area contributed by atoms with Crippen LogP contribution in [0.3, 0.4) is 0 Å². The Kier molecular flexibility index (Phi) is 6.37. The predicted molar refractivity (Wildman–Crippen MR) is 106 cm³/mol. The molecule has 0 aliphatic heterocycles. The molecule has 27 heavy (non-hydrogen) atoms. The first-order valence-electron chi connectivity index (χ1n) is 9.81. The Morgan fingerprint density at radius 3 is 2.74 bits per heavy atom. The maximum absolute atomic E-state index is 12.6. The van der Waals surface area contributed by atoms with E-state index < -0.39 is 5.56 Å². The molecule has 146 valence electrons. The number of carbonyl (C=O) groups is 1. The van der Waals surface area contributed by atoms with Gasteiger partial charge in [0.05, 0.1) is 19.2 Å². The first-order valence-corrected chi connectivity index (χ1v) is 9.81. The summed E-state index contributed by atoms with van der Waals surface area (Å²) in [6.07, 6.45) is 7.31. The Bertz CT molecular complexity index is 853. The van der Waals surface area contributed by atoms with Crippen molar-refractivity contribution >= 4 is 16.8 Å². The van der Waals surface area contributed by atoms with Gasteiger partial charge in [-0.1, -0.05) is 32.6 Å². The number of unbranched alkanes of at least 4 members (excludes halogenated alkanes) is 2. The van der Waals surface area contributed by atoms with Gasteiger partial charge in [0.2, 0.25) is 0 Å². The summed E-state index contributed by atoms with van der Waals surface area (Å²) in [6.45, 7) is 2.68. The molecule has 6 nitrogen and oxygen atoms in total. The minimum atomic E-state index is -0.412. The van der Waals surface area contributed by atoms with Crippen molar-refractivity contribution in [2.75, 3.05) is 13.7 Å². The maximum atomic E-state index is 12.6. The summed E-state index contributed by atoms with van der Waals surface area (Å²) in [5.41, 5.74) is 0.287. The molecule has 0 radical (unpaired) electrons. The van der Waals surface area contributed by atoms with E-state index in [4.69, 9.17) is 9.47 Å². The van der Waals surface area contributed by atoms with Crippen molar-refractivity contribution in [3.63, 3.8) is 0 Å². The average Bonchev–Trinajstić information content (AvgIpc) is 3.17. The van der Waals surface area contributed by atoms with Gasteiger partial charge in [0.25, 0.3) is 11.5 Å². The summed E-state index contributed by atoms with van der Waals surface area (Å²) in [5, 5.41) is 3.72. The van der Waals surface area contributed by atoms with Crippen molar-refractivity contribution in [2.45, 2.75) is 57.9 Å². The standard InChI is InChI=1S/C21H28N2O4/c1-3-4-7-12-27-19-17(26-2)11-10-14-13-16(21(25)23-18(14)19)20(24)22-15-8-5-6-9-15/h10-11,13,15H,3-9,12H2,1-2H3,(H,22,24)(H,23,25).